The summed E-state index contributed by atoms with van der Waals surface area (Å²) in [5, 5.41) is 14.6. The van der Waals surface area contributed by atoms with Gasteiger partial charge in [0.2, 0.25) is 0 Å². The smallest absolute Gasteiger partial charge is 0.270 e. The molecule has 5 nitrogen and oxygen atoms in total. The summed E-state index contributed by atoms with van der Waals surface area (Å²) >= 11 is 3.50. The van der Waals surface area contributed by atoms with E-state index in [1.165, 1.54) is 12.1 Å². The summed E-state index contributed by atoms with van der Waals surface area (Å²) in [6, 6.07) is 4.43. The molecule has 0 unspecified atom stereocenters. The number of non-ortho nitro benzene ring substituents is 1. The third kappa shape index (κ3) is 4.52. The van der Waals surface area contributed by atoms with Crippen LogP contribution >= 0.6 is 15.9 Å². The zero-order valence-corrected chi connectivity index (χ0v) is 14.2. The van der Waals surface area contributed by atoms with E-state index in [-0.39, 0.29) is 17.0 Å². The van der Waals surface area contributed by atoms with E-state index in [0.717, 1.165) is 18.2 Å². The zero-order chi connectivity index (χ0) is 16.0. The van der Waals surface area contributed by atoms with Gasteiger partial charge in [0.25, 0.3) is 11.6 Å². The average molecular weight is 357 g/mol. The van der Waals surface area contributed by atoms with Gasteiger partial charge in [0.05, 0.1) is 4.92 Å². The fourth-order valence-electron chi connectivity index (χ4n) is 2.11. The van der Waals surface area contributed by atoms with Gasteiger partial charge in [-0.1, -0.05) is 29.8 Å². The molecule has 0 saturated heterocycles. The molecule has 21 heavy (non-hydrogen) atoms. The lowest BCUT2D eigenvalue weighted by Gasteiger charge is -2.29. The van der Waals surface area contributed by atoms with Crippen molar-refractivity contribution in [2.24, 2.45) is 5.41 Å². The van der Waals surface area contributed by atoms with Crippen LogP contribution in [0.1, 0.15) is 42.6 Å². The molecule has 0 fully saturated rings. The standard InChI is InChI=1S/C15H21BrN2O3/c1-4-15(5-2,9-16)10-17-14(19)12-6-11(3)7-13(8-12)18(20)21/h6-8H,4-5,9-10H2,1-3H3,(H,17,19). The molecule has 0 aliphatic heterocycles. The fourth-order valence-corrected chi connectivity index (χ4v) is 3.10. The molecule has 0 heterocycles. The normalized spacial score (nSPS) is 11.2. The van der Waals surface area contributed by atoms with Crippen LogP contribution in [-0.2, 0) is 0 Å². The summed E-state index contributed by atoms with van der Waals surface area (Å²) in [5.74, 6) is -0.269. The zero-order valence-electron chi connectivity index (χ0n) is 12.6. The molecule has 0 aliphatic carbocycles. The molecular formula is C15H21BrN2O3. The number of aryl methyl sites for hydroxylation is 1. The molecule has 0 bridgehead atoms. The summed E-state index contributed by atoms with van der Waals surface area (Å²) in [6.45, 7) is 6.47. The Morgan fingerprint density at radius 3 is 2.43 bits per heavy atom. The Hall–Kier alpha value is -1.43. The van der Waals surface area contributed by atoms with Gasteiger partial charge in [0, 0.05) is 29.6 Å². The number of carbonyl (C=O) groups excluding carboxylic acids is 1. The SMILES string of the molecule is CCC(CC)(CBr)CNC(=O)c1cc(C)cc([N+](=O)[O-])c1. The Morgan fingerprint density at radius 2 is 1.95 bits per heavy atom. The molecule has 0 saturated carbocycles. The van der Waals surface area contributed by atoms with E-state index >= 15 is 0 Å². The second-order valence-corrected chi connectivity index (χ2v) is 5.90. The van der Waals surface area contributed by atoms with Crippen LogP contribution in [0.25, 0.3) is 0 Å². The first kappa shape index (κ1) is 17.6. The molecule has 1 N–H and O–H groups in total. The minimum atomic E-state index is -0.482. The second-order valence-electron chi connectivity index (χ2n) is 5.34. The molecule has 1 aromatic rings. The second kappa shape index (κ2) is 7.54. The number of hydrogen-bond acceptors (Lipinski definition) is 3. The van der Waals surface area contributed by atoms with Crippen molar-refractivity contribution in [3.63, 3.8) is 0 Å². The maximum atomic E-state index is 12.2. The highest BCUT2D eigenvalue weighted by molar-refractivity contribution is 9.09. The van der Waals surface area contributed by atoms with Gasteiger partial charge in [-0.2, -0.15) is 0 Å². The number of benzene rings is 1. The van der Waals surface area contributed by atoms with Crippen molar-refractivity contribution in [1.29, 1.82) is 0 Å². The van der Waals surface area contributed by atoms with E-state index in [1.54, 1.807) is 13.0 Å². The van der Waals surface area contributed by atoms with Crippen LogP contribution in [-0.4, -0.2) is 22.7 Å². The number of carbonyl (C=O) groups is 1. The van der Waals surface area contributed by atoms with Crippen molar-refractivity contribution in [2.45, 2.75) is 33.6 Å². The first-order valence-electron chi connectivity index (χ1n) is 6.97. The topological polar surface area (TPSA) is 72.2 Å². The van der Waals surface area contributed by atoms with Crippen LogP contribution in [0, 0.1) is 22.5 Å². The van der Waals surface area contributed by atoms with Gasteiger partial charge in [-0.25, -0.2) is 0 Å². The lowest BCUT2D eigenvalue weighted by atomic mass is 9.84. The maximum Gasteiger partial charge on any atom is 0.270 e. The number of amides is 1. The molecule has 6 heteroatoms. The van der Waals surface area contributed by atoms with Crippen LogP contribution < -0.4 is 5.32 Å². The van der Waals surface area contributed by atoms with Crippen LogP contribution in [0.2, 0.25) is 0 Å². The lowest BCUT2D eigenvalue weighted by Crippen LogP contribution is -2.38. The van der Waals surface area contributed by atoms with Gasteiger partial charge in [-0.05, 0) is 36.8 Å². The summed E-state index contributed by atoms with van der Waals surface area (Å²) in [5.41, 5.74) is 0.994. The molecule has 0 radical (unpaired) electrons. The number of rotatable bonds is 7. The number of nitrogens with one attached hydrogen (secondary N) is 1. The Kier molecular flexibility index (Phi) is 6.33. The van der Waals surface area contributed by atoms with Crippen LogP contribution in [0.4, 0.5) is 5.69 Å². The van der Waals surface area contributed by atoms with Gasteiger partial charge in [0.1, 0.15) is 0 Å². The van der Waals surface area contributed by atoms with Crippen LogP contribution in [0.5, 0.6) is 0 Å². The number of hydrogen-bond donors (Lipinski definition) is 1. The molecule has 0 aliphatic rings. The van der Waals surface area contributed by atoms with Crippen LogP contribution in [0.15, 0.2) is 18.2 Å². The molecule has 0 aromatic heterocycles. The Balaban J connectivity index is 2.87. The van der Waals surface area contributed by atoms with Gasteiger partial charge >= 0.3 is 0 Å². The Labute approximate surface area is 133 Å². The Bertz CT molecular complexity index is 519. The van der Waals surface area contributed by atoms with Gasteiger partial charge in [-0.15, -0.1) is 0 Å². The predicted octanol–water partition coefficient (Wildman–Crippen LogP) is 3.83. The number of nitro groups is 1. The van der Waals surface area contributed by atoms with Crippen molar-refractivity contribution < 1.29 is 9.72 Å². The largest absolute Gasteiger partial charge is 0.351 e. The van der Waals surface area contributed by atoms with Crippen molar-refractivity contribution in [3.8, 4) is 0 Å². The molecule has 0 spiro atoms. The van der Waals surface area contributed by atoms with Gasteiger partial charge in [-0.3, -0.25) is 14.9 Å². The van der Waals surface area contributed by atoms with E-state index in [4.69, 9.17) is 0 Å². The van der Waals surface area contributed by atoms with Crippen molar-refractivity contribution >= 4 is 27.5 Å². The number of halogens is 1. The van der Waals surface area contributed by atoms with E-state index in [9.17, 15) is 14.9 Å². The van der Waals surface area contributed by atoms with E-state index < -0.39 is 4.92 Å². The lowest BCUT2D eigenvalue weighted by molar-refractivity contribution is -0.384. The molecule has 1 rings (SSSR count). The number of nitrogens with zero attached hydrogens (tertiary/aromatic N) is 1. The highest BCUT2D eigenvalue weighted by atomic mass is 79.9. The maximum absolute atomic E-state index is 12.2. The predicted molar refractivity (Wildman–Crippen MR) is 87.0 cm³/mol. The number of alkyl halides is 1. The molecule has 0 atom stereocenters. The summed E-state index contributed by atoms with van der Waals surface area (Å²) < 4.78 is 0. The molecular weight excluding hydrogens is 336 g/mol. The third-order valence-corrected chi connectivity index (χ3v) is 5.13. The monoisotopic (exact) mass is 356 g/mol. The summed E-state index contributed by atoms with van der Waals surface area (Å²) in [7, 11) is 0. The first-order valence-corrected chi connectivity index (χ1v) is 8.10. The quantitative estimate of drug-likeness (QED) is 0.458. The first-order chi connectivity index (χ1) is 9.87. The molecule has 116 valence electrons. The summed E-state index contributed by atoms with van der Waals surface area (Å²) in [6.07, 6.45) is 1.89. The van der Waals surface area contributed by atoms with Crippen LogP contribution in [0.3, 0.4) is 0 Å². The van der Waals surface area contributed by atoms with Gasteiger partial charge < -0.3 is 5.32 Å². The van der Waals surface area contributed by atoms with E-state index in [0.29, 0.717) is 17.7 Å². The summed E-state index contributed by atoms with van der Waals surface area (Å²) in [4.78, 5) is 22.6. The van der Waals surface area contributed by atoms with Gasteiger partial charge in [0.15, 0.2) is 0 Å². The average Bonchev–Trinajstić information content (AvgIpc) is 2.48. The van der Waals surface area contributed by atoms with E-state index in [2.05, 4.69) is 35.1 Å². The molecule has 1 aromatic carbocycles. The van der Waals surface area contributed by atoms with Crippen molar-refractivity contribution in [3.05, 3.63) is 39.4 Å². The Morgan fingerprint density at radius 1 is 1.33 bits per heavy atom. The highest BCUT2D eigenvalue weighted by Gasteiger charge is 2.25. The fraction of sp³-hybridized carbons (Fsp3) is 0.533. The minimum absolute atomic E-state index is 0.0193. The molecule has 1 amide bonds. The number of nitro benzene ring substituents is 1. The van der Waals surface area contributed by atoms with Crippen molar-refractivity contribution in [1.82, 2.24) is 5.32 Å². The van der Waals surface area contributed by atoms with E-state index in [1.807, 2.05) is 0 Å². The minimum Gasteiger partial charge on any atom is -0.351 e. The van der Waals surface area contributed by atoms with Crippen molar-refractivity contribution in [2.75, 3.05) is 11.9 Å². The third-order valence-electron chi connectivity index (χ3n) is 3.94. The highest BCUT2D eigenvalue weighted by Crippen LogP contribution is 2.28.